The van der Waals surface area contributed by atoms with Crippen molar-refractivity contribution in [3.05, 3.63) is 11.6 Å². The molecule has 2 rings (SSSR count). The van der Waals surface area contributed by atoms with Crippen LogP contribution in [-0.4, -0.2) is 48.0 Å². The van der Waals surface area contributed by atoms with E-state index in [9.17, 15) is 9.59 Å². The lowest BCUT2D eigenvalue weighted by molar-refractivity contribution is -0.150. The smallest absolute Gasteiger partial charge is 0.310 e. The number of ether oxygens (including phenoxy) is 1. The van der Waals surface area contributed by atoms with Crippen molar-refractivity contribution in [1.29, 1.82) is 0 Å². The highest BCUT2D eigenvalue weighted by molar-refractivity contribution is 7.13. The molecule has 1 aliphatic heterocycles. The molecule has 7 heteroatoms. The van der Waals surface area contributed by atoms with Crippen molar-refractivity contribution in [2.75, 3.05) is 31.6 Å². The van der Waals surface area contributed by atoms with Crippen LogP contribution in [0.25, 0.3) is 0 Å². The third-order valence-electron chi connectivity index (χ3n) is 3.17. The second kappa shape index (κ2) is 7.35. The molecular formula is C13H19N3O3S. The number of thiazole rings is 1. The maximum absolute atomic E-state index is 11.9. The van der Waals surface area contributed by atoms with Crippen LogP contribution in [-0.2, 0) is 14.3 Å². The first-order valence-electron chi connectivity index (χ1n) is 6.77. The van der Waals surface area contributed by atoms with Gasteiger partial charge in [-0.1, -0.05) is 0 Å². The zero-order chi connectivity index (χ0) is 14.4. The average molecular weight is 297 g/mol. The number of nitrogens with zero attached hydrogens (tertiary/aromatic N) is 2. The lowest BCUT2D eigenvalue weighted by Gasteiger charge is -2.30. The molecule has 6 nitrogen and oxygen atoms in total. The Labute approximate surface area is 122 Å². The number of carbonyl (C=O) groups excluding carboxylic acids is 2. The fourth-order valence-corrected chi connectivity index (χ4v) is 2.84. The van der Waals surface area contributed by atoms with Crippen LogP contribution in [0.2, 0.25) is 0 Å². The Morgan fingerprint density at radius 3 is 3.15 bits per heavy atom. The predicted octanol–water partition coefficient (Wildman–Crippen LogP) is 1.36. The molecule has 0 saturated carbocycles. The Kier molecular flexibility index (Phi) is 5.49. The number of likely N-dealkylation sites (tertiary alicyclic amines) is 1. The quantitative estimate of drug-likeness (QED) is 0.831. The van der Waals surface area contributed by atoms with Gasteiger partial charge in [-0.25, -0.2) is 4.98 Å². The molecule has 0 radical (unpaired) electrons. The standard InChI is InChI=1S/C13H19N3O3S/c1-2-19-12(18)10-4-3-6-16(8-10)9-11(17)15-13-14-5-7-20-13/h5,7,10H,2-4,6,8-9H2,1H3,(H,14,15,17)/t10-/m0/s1. The predicted molar refractivity (Wildman–Crippen MR) is 76.5 cm³/mol. The maximum atomic E-state index is 11.9. The molecule has 1 aromatic heterocycles. The minimum Gasteiger partial charge on any atom is -0.466 e. The van der Waals surface area contributed by atoms with Crippen molar-refractivity contribution in [2.45, 2.75) is 19.8 Å². The van der Waals surface area contributed by atoms with E-state index in [1.165, 1.54) is 11.3 Å². The molecule has 110 valence electrons. The van der Waals surface area contributed by atoms with Crippen molar-refractivity contribution in [3.8, 4) is 0 Å². The van der Waals surface area contributed by atoms with E-state index < -0.39 is 0 Å². The van der Waals surface area contributed by atoms with Gasteiger partial charge in [-0.15, -0.1) is 11.3 Å². The van der Waals surface area contributed by atoms with Crippen molar-refractivity contribution >= 4 is 28.3 Å². The maximum Gasteiger partial charge on any atom is 0.310 e. The highest BCUT2D eigenvalue weighted by atomic mass is 32.1. The third-order valence-corrected chi connectivity index (χ3v) is 3.86. The summed E-state index contributed by atoms with van der Waals surface area (Å²) in [5.41, 5.74) is 0. The van der Waals surface area contributed by atoms with E-state index in [-0.39, 0.29) is 24.3 Å². The molecule has 0 bridgehead atoms. The Bertz CT molecular complexity index is 450. The summed E-state index contributed by atoms with van der Waals surface area (Å²) >= 11 is 1.39. The van der Waals surface area contributed by atoms with Crippen molar-refractivity contribution in [3.63, 3.8) is 0 Å². The second-order valence-electron chi connectivity index (χ2n) is 4.71. The van der Waals surface area contributed by atoms with Gasteiger partial charge in [0, 0.05) is 18.1 Å². The first-order chi connectivity index (χ1) is 9.69. The number of piperidine rings is 1. The largest absolute Gasteiger partial charge is 0.466 e. The normalized spacial score (nSPS) is 19.6. The van der Waals surface area contributed by atoms with Gasteiger partial charge >= 0.3 is 5.97 Å². The molecule has 0 unspecified atom stereocenters. The molecule has 0 spiro atoms. The monoisotopic (exact) mass is 297 g/mol. The zero-order valence-corrected chi connectivity index (χ0v) is 12.3. The molecule has 2 heterocycles. The van der Waals surface area contributed by atoms with Crippen molar-refractivity contribution in [1.82, 2.24) is 9.88 Å². The Morgan fingerprint density at radius 1 is 1.60 bits per heavy atom. The van der Waals surface area contributed by atoms with Crippen molar-refractivity contribution < 1.29 is 14.3 Å². The lowest BCUT2D eigenvalue weighted by Crippen LogP contribution is -2.43. The Hall–Kier alpha value is -1.47. The summed E-state index contributed by atoms with van der Waals surface area (Å²) in [7, 11) is 0. The highest BCUT2D eigenvalue weighted by Crippen LogP contribution is 2.18. The lowest BCUT2D eigenvalue weighted by atomic mass is 9.98. The highest BCUT2D eigenvalue weighted by Gasteiger charge is 2.27. The van der Waals surface area contributed by atoms with Gasteiger partial charge in [0.2, 0.25) is 5.91 Å². The van der Waals surface area contributed by atoms with Gasteiger partial charge in [0.1, 0.15) is 0 Å². The molecule has 1 amide bonds. The minimum absolute atomic E-state index is 0.0931. The number of aromatic nitrogens is 1. The number of hydrogen-bond acceptors (Lipinski definition) is 6. The summed E-state index contributed by atoms with van der Waals surface area (Å²) in [6.07, 6.45) is 3.40. The molecule has 1 N–H and O–H groups in total. The van der Waals surface area contributed by atoms with Gasteiger partial charge in [-0.05, 0) is 26.3 Å². The van der Waals surface area contributed by atoms with E-state index in [1.54, 1.807) is 13.1 Å². The Balaban J connectivity index is 1.80. The van der Waals surface area contributed by atoms with E-state index in [1.807, 2.05) is 10.3 Å². The van der Waals surface area contributed by atoms with Gasteiger partial charge in [0.05, 0.1) is 19.1 Å². The molecule has 1 aliphatic rings. The van der Waals surface area contributed by atoms with Crippen LogP contribution in [0.5, 0.6) is 0 Å². The summed E-state index contributed by atoms with van der Waals surface area (Å²) < 4.78 is 5.05. The number of esters is 1. The SMILES string of the molecule is CCOC(=O)[C@H]1CCCN(CC(=O)Nc2nccs2)C1. The average Bonchev–Trinajstić information content (AvgIpc) is 2.92. The number of carbonyl (C=O) groups is 2. The van der Waals surface area contributed by atoms with Crippen LogP contribution >= 0.6 is 11.3 Å². The number of amides is 1. The molecule has 1 saturated heterocycles. The van der Waals surface area contributed by atoms with E-state index in [2.05, 4.69) is 10.3 Å². The van der Waals surface area contributed by atoms with E-state index in [0.29, 0.717) is 18.3 Å². The third kappa shape index (κ3) is 4.28. The van der Waals surface area contributed by atoms with Gasteiger partial charge in [0.25, 0.3) is 0 Å². The number of anilines is 1. The van der Waals surface area contributed by atoms with Gasteiger partial charge in [-0.2, -0.15) is 0 Å². The summed E-state index contributed by atoms with van der Waals surface area (Å²) in [6, 6.07) is 0. The molecule has 20 heavy (non-hydrogen) atoms. The second-order valence-corrected chi connectivity index (χ2v) is 5.61. The van der Waals surface area contributed by atoms with E-state index >= 15 is 0 Å². The summed E-state index contributed by atoms with van der Waals surface area (Å²) in [5, 5.41) is 5.17. The minimum atomic E-state index is -0.155. The van der Waals surface area contributed by atoms with Gasteiger partial charge < -0.3 is 10.1 Å². The molecule has 1 atom stereocenters. The van der Waals surface area contributed by atoms with Crippen LogP contribution in [0.1, 0.15) is 19.8 Å². The van der Waals surface area contributed by atoms with Crippen LogP contribution in [0.4, 0.5) is 5.13 Å². The number of rotatable bonds is 5. The fourth-order valence-electron chi connectivity index (χ4n) is 2.30. The molecule has 0 aromatic carbocycles. The first-order valence-corrected chi connectivity index (χ1v) is 7.65. The van der Waals surface area contributed by atoms with Crippen LogP contribution < -0.4 is 5.32 Å². The molecule has 1 fully saturated rings. The molecule has 1 aromatic rings. The van der Waals surface area contributed by atoms with Crippen LogP contribution in [0, 0.1) is 5.92 Å². The van der Waals surface area contributed by atoms with Crippen molar-refractivity contribution in [2.24, 2.45) is 5.92 Å². The zero-order valence-electron chi connectivity index (χ0n) is 11.5. The molecular weight excluding hydrogens is 278 g/mol. The number of nitrogens with one attached hydrogen (secondary N) is 1. The summed E-state index contributed by atoms with van der Waals surface area (Å²) in [6.45, 7) is 3.92. The van der Waals surface area contributed by atoms with E-state index in [4.69, 9.17) is 4.74 Å². The number of hydrogen-bond donors (Lipinski definition) is 1. The summed E-state index contributed by atoms with van der Waals surface area (Å²) in [5.74, 6) is -0.363. The van der Waals surface area contributed by atoms with E-state index in [0.717, 1.165) is 19.4 Å². The molecule has 0 aliphatic carbocycles. The van der Waals surface area contributed by atoms with Crippen LogP contribution in [0.3, 0.4) is 0 Å². The Morgan fingerprint density at radius 2 is 2.45 bits per heavy atom. The van der Waals surface area contributed by atoms with Crippen LogP contribution in [0.15, 0.2) is 11.6 Å². The summed E-state index contributed by atoms with van der Waals surface area (Å²) in [4.78, 5) is 29.6. The first kappa shape index (κ1) is 14.9. The van der Waals surface area contributed by atoms with Gasteiger partial charge in [-0.3, -0.25) is 14.5 Å². The van der Waals surface area contributed by atoms with Gasteiger partial charge in [0.15, 0.2) is 5.13 Å². The topological polar surface area (TPSA) is 71.5 Å². The fraction of sp³-hybridized carbons (Fsp3) is 0.615.